The Hall–Kier alpha value is -1.78. The number of carbonyl (C=O) groups is 1. The Morgan fingerprint density at radius 2 is 1.86 bits per heavy atom. The Bertz CT molecular complexity index is 691. The summed E-state index contributed by atoms with van der Waals surface area (Å²) in [6.45, 7) is 1.83. The molecule has 0 aliphatic carbocycles. The summed E-state index contributed by atoms with van der Waals surface area (Å²) >= 11 is 11.5. The lowest BCUT2D eigenvalue weighted by molar-refractivity contribution is 0.0697. The molecule has 0 heterocycles. The maximum atomic E-state index is 13.4. The van der Waals surface area contributed by atoms with Crippen LogP contribution in [0.15, 0.2) is 36.4 Å². The van der Waals surface area contributed by atoms with Gasteiger partial charge in [0, 0.05) is 11.7 Å². The van der Waals surface area contributed by atoms with Crippen LogP contribution in [-0.2, 0) is 0 Å². The van der Waals surface area contributed by atoms with Gasteiger partial charge in [-0.3, -0.25) is 0 Å². The summed E-state index contributed by atoms with van der Waals surface area (Å²) < 4.78 is 13.4. The van der Waals surface area contributed by atoms with Gasteiger partial charge in [-0.15, -0.1) is 0 Å². The third-order valence-corrected chi connectivity index (χ3v) is 3.66. The van der Waals surface area contributed by atoms with E-state index in [4.69, 9.17) is 28.3 Å². The average Bonchev–Trinajstić information content (AvgIpc) is 2.43. The molecule has 3 nitrogen and oxygen atoms in total. The standard InChI is InChI=1S/C15H12Cl2FNO2/c1-8(9-2-4-13(17)14(18)6-9)19-10-3-5-12(16)11(7-10)15(20)21/h2-8,19H,1H3,(H,20,21). The summed E-state index contributed by atoms with van der Waals surface area (Å²) in [5, 5.41) is 12.4. The molecule has 0 aliphatic rings. The fraction of sp³-hybridized carbons (Fsp3) is 0.133. The molecule has 2 aromatic carbocycles. The van der Waals surface area contributed by atoms with Gasteiger partial charge in [0.2, 0.25) is 0 Å². The highest BCUT2D eigenvalue weighted by molar-refractivity contribution is 6.33. The normalized spacial score (nSPS) is 12.0. The molecule has 1 unspecified atom stereocenters. The first-order valence-corrected chi connectivity index (χ1v) is 6.88. The minimum Gasteiger partial charge on any atom is -0.478 e. The second kappa shape index (κ2) is 6.33. The molecule has 0 radical (unpaired) electrons. The van der Waals surface area contributed by atoms with E-state index in [-0.39, 0.29) is 21.7 Å². The zero-order chi connectivity index (χ0) is 15.6. The van der Waals surface area contributed by atoms with Crippen molar-refractivity contribution in [1.29, 1.82) is 0 Å². The Kier molecular flexibility index (Phi) is 4.70. The summed E-state index contributed by atoms with van der Waals surface area (Å²) in [7, 11) is 0. The molecule has 0 fully saturated rings. The number of benzene rings is 2. The number of rotatable bonds is 4. The summed E-state index contributed by atoms with van der Waals surface area (Å²) in [5.74, 6) is -1.60. The fourth-order valence-electron chi connectivity index (χ4n) is 1.89. The molecule has 0 saturated heterocycles. The van der Waals surface area contributed by atoms with Crippen LogP contribution in [0.3, 0.4) is 0 Å². The van der Waals surface area contributed by atoms with Crippen LogP contribution in [0.1, 0.15) is 28.9 Å². The first-order chi connectivity index (χ1) is 9.88. The molecule has 1 atom stereocenters. The highest BCUT2D eigenvalue weighted by Crippen LogP contribution is 2.26. The molecule has 2 rings (SSSR count). The summed E-state index contributed by atoms with van der Waals surface area (Å²) in [6, 6.07) is 8.91. The lowest BCUT2D eigenvalue weighted by atomic mass is 10.1. The summed E-state index contributed by atoms with van der Waals surface area (Å²) in [4.78, 5) is 11.0. The predicted molar refractivity (Wildman–Crippen MR) is 81.9 cm³/mol. The Morgan fingerprint density at radius 3 is 2.48 bits per heavy atom. The van der Waals surface area contributed by atoms with E-state index in [2.05, 4.69) is 5.32 Å². The van der Waals surface area contributed by atoms with Crippen molar-refractivity contribution in [2.75, 3.05) is 5.32 Å². The molecule has 110 valence electrons. The van der Waals surface area contributed by atoms with Gasteiger partial charge in [-0.05, 0) is 42.8 Å². The van der Waals surface area contributed by atoms with Crippen LogP contribution in [0.5, 0.6) is 0 Å². The summed E-state index contributed by atoms with van der Waals surface area (Å²) in [6.07, 6.45) is 0. The van der Waals surface area contributed by atoms with Gasteiger partial charge >= 0.3 is 5.97 Å². The van der Waals surface area contributed by atoms with Gasteiger partial charge in [-0.1, -0.05) is 29.3 Å². The molecule has 0 aromatic heterocycles. The number of carboxylic acid groups (broad SMARTS) is 1. The molecule has 0 amide bonds. The second-order valence-electron chi connectivity index (χ2n) is 4.54. The van der Waals surface area contributed by atoms with Crippen LogP contribution >= 0.6 is 23.2 Å². The first kappa shape index (κ1) is 15.6. The van der Waals surface area contributed by atoms with E-state index in [0.29, 0.717) is 11.3 Å². The highest BCUT2D eigenvalue weighted by Gasteiger charge is 2.12. The van der Waals surface area contributed by atoms with Gasteiger partial charge in [0.1, 0.15) is 5.82 Å². The number of nitrogens with one attached hydrogen (secondary N) is 1. The molecule has 2 N–H and O–H groups in total. The Morgan fingerprint density at radius 1 is 1.19 bits per heavy atom. The van der Waals surface area contributed by atoms with Gasteiger partial charge in [-0.2, -0.15) is 0 Å². The van der Waals surface area contributed by atoms with Gasteiger partial charge in [-0.25, -0.2) is 9.18 Å². The molecular weight excluding hydrogens is 316 g/mol. The van der Waals surface area contributed by atoms with E-state index >= 15 is 0 Å². The zero-order valence-corrected chi connectivity index (χ0v) is 12.5. The number of anilines is 1. The van der Waals surface area contributed by atoms with E-state index in [9.17, 15) is 9.18 Å². The van der Waals surface area contributed by atoms with Gasteiger partial charge in [0.15, 0.2) is 0 Å². The van der Waals surface area contributed by atoms with Gasteiger partial charge in [0.25, 0.3) is 0 Å². The van der Waals surface area contributed by atoms with Crippen LogP contribution in [0.2, 0.25) is 10.0 Å². The van der Waals surface area contributed by atoms with Crippen molar-refractivity contribution in [3.05, 3.63) is 63.4 Å². The van der Waals surface area contributed by atoms with E-state index in [1.807, 2.05) is 6.92 Å². The average molecular weight is 328 g/mol. The van der Waals surface area contributed by atoms with Crippen molar-refractivity contribution in [2.45, 2.75) is 13.0 Å². The molecule has 6 heteroatoms. The lowest BCUT2D eigenvalue weighted by Gasteiger charge is -2.16. The van der Waals surface area contributed by atoms with Crippen molar-refractivity contribution in [3.63, 3.8) is 0 Å². The lowest BCUT2D eigenvalue weighted by Crippen LogP contribution is -2.08. The Labute approximate surface area is 131 Å². The molecule has 0 spiro atoms. The van der Waals surface area contributed by atoms with Crippen LogP contribution in [0, 0.1) is 5.82 Å². The maximum Gasteiger partial charge on any atom is 0.337 e. The highest BCUT2D eigenvalue weighted by atomic mass is 35.5. The maximum absolute atomic E-state index is 13.4. The van der Waals surface area contributed by atoms with Crippen LogP contribution in [-0.4, -0.2) is 11.1 Å². The first-order valence-electron chi connectivity index (χ1n) is 6.13. The summed E-state index contributed by atoms with van der Waals surface area (Å²) in [5.41, 5.74) is 1.29. The van der Waals surface area contributed by atoms with Gasteiger partial charge in [0.05, 0.1) is 15.6 Å². The van der Waals surface area contributed by atoms with Crippen molar-refractivity contribution in [2.24, 2.45) is 0 Å². The largest absolute Gasteiger partial charge is 0.478 e. The van der Waals surface area contributed by atoms with Crippen LogP contribution < -0.4 is 5.32 Å². The molecule has 0 aliphatic heterocycles. The van der Waals surface area contributed by atoms with Crippen molar-refractivity contribution < 1.29 is 14.3 Å². The fourth-order valence-corrected chi connectivity index (χ4v) is 2.21. The van der Waals surface area contributed by atoms with E-state index in [0.717, 1.165) is 0 Å². The molecular formula is C15H12Cl2FNO2. The number of carboxylic acids is 1. The van der Waals surface area contributed by atoms with Crippen LogP contribution in [0.25, 0.3) is 0 Å². The predicted octanol–water partition coefficient (Wildman–Crippen LogP) is 5.00. The molecule has 0 bridgehead atoms. The SMILES string of the molecule is CC(Nc1ccc(Cl)c(C(=O)O)c1)c1ccc(Cl)c(F)c1. The minimum absolute atomic E-state index is 0.0103. The molecule has 0 saturated carbocycles. The van der Waals surface area contributed by atoms with Crippen molar-refractivity contribution in [1.82, 2.24) is 0 Å². The number of aromatic carboxylic acids is 1. The van der Waals surface area contributed by atoms with Crippen molar-refractivity contribution >= 4 is 34.9 Å². The second-order valence-corrected chi connectivity index (χ2v) is 5.35. The quantitative estimate of drug-likeness (QED) is 0.830. The molecule has 2 aromatic rings. The number of hydrogen-bond donors (Lipinski definition) is 2. The van der Waals surface area contributed by atoms with Gasteiger partial charge < -0.3 is 10.4 Å². The molecule has 21 heavy (non-hydrogen) atoms. The minimum atomic E-state index is -1.10. The Balaban J connectivity index is 2.23. The van der Waals surface area contributed by atoms with E-state index in [1.165, 1.54) is 24.3 Å². The third-order valence-electron chi connectivity index (χ3n) is 3.02. The number of hydrogen-bond acceptors (Lipinski definition) is 2. The smallest absolute Gasteiger partial charge is 0.337 e. The monoisotopic (exact) mass is 327 g/mol. The topological polar surface area (TPSA) is 49.3 Å². The van der Waals surface area contributed by atoms with E-state index < -0.39 is 11.8 Å². The van der Waals surface area contributed by atoms with E-state index in [1.54, 1.807) is 12.1 Å². The van der Waals surface area contributed by atoms with Crippen LogP contribution in [0.4, 0.5) is 10.1 Å². The number of halogens is 3. The zero-order valence-electron chi connectivity index (χ0n) is 11.0. The third kappa shape index (κ3) is 3.65. The van der Waals surface area contributed by atoms with Crippen molar-refractivity contribution in [3.8, 4) is 0 Å².